The van der Waals surface area contributed by atoms with E-state index in [4.69, 9.17) is 0 Å². The van der Waals surface area contributed by atoms with Gasteiger partial charge in [-0.2, -0.15) is 9.57 Å². The third kappa shape index (κ3) is 6.06. The van der Waals surface area contributed by atoms with Gasteiger partial charge in [-0.15, -0.1) is 0 Å². The molecular formula is C31H34N4O3S. The second-order valence-corrected chi connectivity index (χ2v) is 12.4. The number of sulfonamides is 1. The third-order valence-electron chi connectivity index (χ3n) is 7.95. The summed E-state index contributed by atoms with van der Waals surface area (Å²) in [5.74, 6) is -0.507. The summed E-state index contributed by atoms with van der Waals surface area (Å²) in [7, 11) is -1.51. The summed E-state index contributed by atoms with van der Waals surface area (Å²) in [6.07, 6.45) is 2.47. The van der Waals surface area contributed by atoms with Crippen LogP contribution >= 0.6 is 0 Å². The summed E-state index contributed by atoms with van der Waals surface area (Å²) in [6.45, 7) is 2.72. The van der Waals surface area contributed by atoms with Gasteiger partial charge >= 0.3 is 0 Å². The molecule has 1 heterocycles. The summed E-state index contributed by atoms with van der Waals surface area (Å²) in [5, 5.41) is 12.8. The predicted molar refractivity (Wildman–Crippen MR) is 151 cm³/mol. The van der Waals surface area contributed by atoms with E-state index >= 15 is 0 Å². The summed E-state index contributed by atoms with van der Waals surface area (Å²) >= 11 is 0. The summed E-state index contributed by atoms with van der Waals surface area (Å²) in [6, 6.07) is 25.2. The Hall–Kier alpha value is -3.51. The number of hydrogen-bond donors (Lipinski definition) is 1. The highest BCUT2D eigenvalue weighted by Gasteiger charge is 2.28. The molecule has 1 aliphatic carbocycles. The van der Waals surface area contributed by atoms with E-state index in [9.17, 15) is 18.5 Å². The van der Waals surface area contributed by atoms with Gasteiger partial charge in [0.25, 0.3) is 0 Å². The van der Waals surface area contributed by atoms with E-state index in [-0.39, 0.29) is 18.4 Å². The molecule has 0 saturated carbocycles. The van der Waals surface area contributed by atoms with Crippen LogP contribution in [0, 0.1) is 17.2 Å². The van der Waals surface area contributed by atoms with Crippen LogP contribution in [0.3, 0.4) is 0 Å². The number of nitrogens with zero attached hydrogens (tertiary/aromatic N) is 3. The first-order valence-electron chi connectivity index (χ1n) is 13.5. The van der Waals surface area contributed by atoms with Crippen LogP contribution in [0.1, 0.15) is 29.0 Å². The van der Waals surface area contributed by atoms with E-state index in [1.165, 1.54) is 11.1 Å². The number of nitrogens with one attached hydrogen (secondary N) is 1. The van der Waals surface area contributed by atoms with Crippen LogP contribution in [0.15, 0.2) is 77.7 Å². The minimum atomic E-state index is -3.51. The fraction of sp³-hybridized carbons (Fsp3) is 0.355. The summed E-state index contributed by atoms with van der Waals surface area (Å²) in [5.41, 5.74) is 5.23. The second-order valence-electron chi connectivity index (χ2n) is 10.5. The number of rotatable bonds is 7. The Balaban J connectivity index is 1.19. The molecule has 0 radical (unpaired) electrons. The quantitative estimate of drug-likeness (QED) is 0.490. The van der Waals surface area contributed by atoms with Crippen LogP contribution in [0.25, 0.3) is 11.1 Å². The lowest BCUT2D eigenvalue weighted by molar-refractivity contribution is -0.125. The van der Waals surface area contributed by atoms with Crippen LogP contribution in [-0.4, -0.2) is 63.3 Å². The summed E-state index contributed by atoms with van der Waals surface area (Å²) < 4.78 is 27.6. The number of hydrogen-bond acceptors (Lipinski definition) is 5. The highest BCUT2D eigenvalue weighted by atomic mass is 32.2. The molecule has 1 saturated heterocycles. The molecule has 2 aliphatic rings. The number of fused-ring (bicyclic) bond motifs is 1. The molecule has 8 heteroatoms. The number of nitriles is 1. The lowest BCUT2D eigenvalue weighted by atomic mass is 9.83. The molecule has 0 spiro atoms. The number of piperazine rings is 1. The molecule has 5 rings (SSSR count). The predicted octanol–water partition coefficient (Wildman–Crippen LogP) is 3.82. The zero-order chi connectivity index (χ0) is 27.4. The van der Waals surface area contributed by atoms with Crippen LogP contribution < -0.4 is 5.32 Å². The average molecular weight is 543 g/mol. The van der Waals surface area contributed by atoms with Crippen molar-refractivity contribution in [3.63, 3.8) is 0 Å². The van der Waals surface area contributed by atoms with E-state index in [1.54, 1.807) is 16.4 Å². The number of likely N-dealkylation sites (N-methyl/N-ethyl adjacent to an activating group) is 1. The molecule has 1 unspecified atom stereocenters. The summed E-state index contributed by atoms with van der Waals surface area (Å²) in [4.78, 5) is 15.3. The number of benzene rings is 3. The maximum atomic E-state index is 13.0. The van der Waals surface area contributed by atoms with Crippen molar-refractivity contribution >= 4 is 15.9 Å². The molecule has 3 aromatic rings. The molecular weight excluding hydrogens is 508 g/mol. The number of carbonyl (C=O) groups is 1. The molecule has 202 valence electrons. The lowest BCUT2D eigenvalue weighted by Crippen LogP contribution is -2.46. The van der Waals surface area contributed by atoms with Crippen molar-refractivity contribution in [3.05, 3.63) is 89.5 Å². The molecule has 1 amide bonds. The van der Waals surface area contributed by atoms with E-state index < -0.39 is 15.9 Å². The topological polar surface area (TPSA) is 93.5 Å². The molecule has 0 aromatic heterocycles. The fourth-order valence-corrected chi connectivity index (χ4v) is 6.83. The molecule has 39 heavy (non-hydrogen) atoms. The van der Waals surface area contributed by atoms with Crippen LogP contribution in [0.2, 0.25) is 0 Å². The maximum absolute atomic E-state index is 13.0. The van der Waals surface area contributed by atoms with E-state index in [0.717, 1.165) is 49.0 Å². The zero-order valence-corrected chi connectivity index (χ0v) is 23.0. The minimum Gasteiger partial charge on any atom is -0.354 e. The Morgan fingerprint density at radius 1 is 0.949 bits per heavy atom. The van der Waals surface area contributed by atoms with Gasteiger partial charge in [0.1, 0.15) is 0 Å². The molecule has 2 atom stereocenters. The van der Waals surface area contributed by atoms with Gasteiger partial charge in [0.05, 0.1) is 16.9 Å². The molecule has 1 fully saturated rings. The van der Waals surface area contributed by atoms with Crippen LogP contribution in [0.5, 0.6) is 0 Å². The van der Waals surface area contributed by atoms with Gasteiger partial charge in [-0.1, -0.05) is 60.7 Å². The standard InChI is InChI=1S/C31H34N4O3S/c1-34-16-18-35(19-17-34)39(37,38)30-14-12-25(13-15-30)24-6-8-26(9-7-24)29(21-32)22-33-31(36)28-11-10-23-4-2-3-5-27(23)20-28/h2-9,12-15,28-29H,10-11,16-20,22H2,1H3,(H,33,36)/t28?,29-/m0/s1. The number of carbonyl (C=O) groups excluding carboxylic acids is 1. The Kier molecular flexibility index (Phi) is 8.12. The average Bonchev–Trinajstić information content (AvgIpc) is 2.97. The maximum Gasteiger partial charge on any atom is 0.243 e. The van der Waals surface area contributed by atoms with E-state index in [1.807, 2.05) is 55.6 Å². The molecule has 1 aliphatic heterocycles. The van der Waals surface area contributed by atoms with E-state index in [0.29, 0.717) is 18.0 Å². The molecule has 7 nitrogen and oxygen atoms in total. The number of aryl methyl sites for hydroxylation is 1. The SMILES string of the molecule is CN1CCN(S(=O)(=O)c2ccc(-c3ccc([C@@H](C#N)CNC(=O)C4CCc5ccccc5C4)cc3)cc2)CC1. The normalized spacial score (nSPS) is 19.0. The van der Waals surface area contributed by atoms with Gasteiger partial charge in [-0.25, -0.2) is 8.42 Å². The highest BCUT2D eigenvalue weighted by Crippen LogP contribution is 2.27. The highest BCUT2D eigenvalue weighted by molar-refractivity contribution is 7.89. The Morgan fingerprint density at radius 2 is 1.56 bits per heavy atom. The Labute approximate surface area is 231 Å². The van der Waals surface area contributed by atoms with Gasteiger partial charge in [0.15, 0.2) is 0 Å². The van der Waals surface area contributed by atoms with Gasteiger partial charge in [0, 0.05) is 38.6 Å². The largest absolute Gasteiger partial charge is 0.354 e. The number of amides is 1. The van der Waals surface area contributed by atoms with Gasteiger partial charge in [-0.05, 0) is 66.3 Å². The van der Waals surface area contributed by atoms with Crippen LogP contribution in [-0.2, 0) is 27.7 Å². The molecule has 3 aromatic carbocycles. The molecule has 1 N–H and O–H groups in total. The van der Waals surface area contributed by atoms with Crippen molar-refractivity contribution in [2.45, 2.75) is 30.1 Å². The first kappa shape index (κ1) is 27.1. The first-order chi connectivity index (χ1) is 18.8. The third-order valence-corrected chi connectivity index (χ3v) is 9.87. The zero-order valence-electron chi connectivity index (χ0n) is 22.2. The van der Waals surface area contributed by atoms with Gasteiger partial charge < -0.3 is 10.2 Å². The van der Waals surface area contributed by atoms with Crippen molar-refractivity contribution in [1.29, 1.82) is 5.26 Å². The van der Waals surface area contributed by atoms with Crippen molar-refractivity contribution in [3.8, 4) is 17.2 Å². The Morgan fingerprint density at radius 3 is 2.21 bits per heavy atom. The second kappa shape index (κ2) is 11.7. The first-order valence-corrected chi connectivity index (χ1v) is 14.9. The van der Waals surface area contributed by atoms with Crippen molar-refractivity contribution in [2.75, 3.05) is 39.8 Å². The van der Waals surface area contributed by atoms with E-state index in [2.05, 4.69) is 28.4 Å². The lowest BCUT2D eigenvalue weighted by Gasteiger charge is -2.31. The molecule has 0 bridgehead atoms. The fourth-order valence-electron chi connectivity index (χ4n) is 5.41. The van der Waals surface area contributed by atoms with Crippen molar-refractivity contribution < 1.29 is 13.2 Å². The van der Waals surface area contributed by atoms with Gasteiger partial charge in [-0.3, -0.25) is 4.79 Å². The smallest absolute Gasteiger partial charge is 0.243 e. The Bertz CT molecular complexity index is 1450. The van der Waals surface area contributed by atoms with Crippen molar-refractivity contribution in [2.24, 2.45) is 5.92 Å². The minimum absolute atomic E-state index is 0.00740. The van der Waals surface area contributed by atoms with Crippen molar-refractivity contribution in [1.82, 2.24) is 14.5 Å². The van der Waals surface area contributed by atoms with Gasteiger partial charge in [0.2, 0.25) is 15.9 Å². The monoisotopic (exact) mass is 542 g/mol. The van der Waals surface area contributed by atoms with Crippen LogP contribution in [0.4, 0.5) is 0 Å².